The number of carbonyl (C=O) groups is 3. The van der Waals surface area contributed by atoms with Crippen molar-refractivity contribution in [2.75, 3.05) is 6.61 Å². The molecule has 0 aromatic carbocycles. The van der Waals surface area contributed by atoms with Crippen molar-refractivity contribution in [2.24, 2.45) is 28.6 Å². The number of ketones is 1. The highest BCUT2D eigenvalue weighted by Gasteiger charge is 2.69. The number of esters is 2. The van der Waals surface area contributed by atoms with E-state index in [4.69, 9.17) is 21.1 Å². The largest absolute Gasteiger partial charge is 0.462 e. The van der Waals surface area contributed by atoms with Gasteiger partial charge >= 0.3 is 11.9 Å². The number of hydrogen-bond acceptors (Lipinski definition) is 6. The normalized spacial score (nSPS) is 45.1. The fourth-order valence-electron chi connectivity index (χ4n) is 7.71. The molecule has 8 atom stereocenters. The minimum atomic E-state index is -1.70. The maximum absolute atomic E-state index is 13.1. The number of Topliss-reactive ketones (excluding diaryl/α,β-unsaturated/α-hetero) is 1. The lowest BCUT2D eigenvalue weighted by atomic mass is 9.46. The summed E-state index contributed by atoms with van der Waals surface area (Å²) in [5.41, 5.74) is -0.904. The molecule has 4 aliphatic carbocycles. The Hall–Kier alpha value is -1.40. The second kappa shape index (κ2) is 8.12. The number of alkyl halides is 1. The maximum atomic E-state index is 13.1. The molecule has 3 saturated carbocycles. The van der Waals surface area contributed by atoms with Crippen LogP contribution in [0.5, 0.6) is 0 Å². The van der Waals surface area contributed by atoms with Crippen molar-refractivity contribution in [3.8, 4) is 0 Å². The van der Waals surface area contributed by atoms with E-state index >= 15 is 0 Å². The first kappa shape index (κ1) is 23.7. The molecule has 4 rings (SSSR count). The van der Waals surface area contributed by atoms with Crippen LogP contribution in [0, 0.1) is 28.6 Å². The number of hydrogen-bond donors (Lipinski definition) is 1. The highest BCUT2D eigenvalue weighted by molar-refractivity contribution is 6.24. The summed E-state index contributed by atoms with van der Waals surface area (Å²) in [6.45, 7) is 6.62. The van der Waals surface area contributed by atoms with Crippen LogP contribution in [-0.4, -0.2) is 46.5 Å². The van der Waals surface area contributed by atoms with Crippen LogP contribution in [0.2, 0.25) is 0 Å². The van der Waals surface area contributed by atoms with E-state index in [1.54, 1.807) is 0 Å². The van der Waals surface area contributed by atoms with Gasteiger partial charge in [0, 0.05) is 25.7 Å². The van der Waals surface area contributed by atoms with E-state index in [9.17, 15) is 19.5 Å². The molecule has 0 aromatic rings. The minimum absolute atomic E-state index is 0.0417. The van der Waals surface area contributed by atoms with Gasteiger partial charge in [0.15, 0.2) is 6.61 Å². The van der Waals surface area contributed by atoms with Gasteiger partial charge in [0.2, 0.25) is 5.78 Å². The topological polar surface area (TPSA) is 89.9 Å². The molecule has 3 fully saturated rings. The first-order valence-electron chi connectivity index (χ1n) is 11.8. The third-order valence-corrected chi connectivity index (χ3v) is 9.89. The smallest absolute Gasteiger partial charge is 0.303 e. The van der Waals surface area contributed by atoms with Crippen molar-refractivity contribution in [1.82, 2.24) is 0 Å². The van der Waals surface area contributed by atoms with Gasteiger partial charge in [-0.1, -0.05) is 25.5 Å². The zero-order chi connectivity index (χ0) is 23.5. The van der Waals surface area contributed by atoms with E-state index < -0.39 is 34.8 Å². The number of halogens is 1. The lowest BCUT2D eigenvalue weighted by Gasteiger charge is -2.58. The molecule has 0 radical (unpaired) electrons. The number of rotatable bonds is 4. The van der Waals surface area contributed by atoms with Crippen molar-refractivity contribution in [2.45, 2.75) is 89.7 Å². The van der Waals surface area contributed by atoms with Gasteiger partial charge in [0.25, 0.3) is 0 Å². The summed E-state index contributed by atoms with van der Waals surface area (Å²) >= 11 is 6.69. The highest BCUT2D eigenvalue weighted by atomic mass is 35.5. The SMILES string of the molecule is CC(=O)OCC(=O)[C@@]1(O)[C@H](Cl)C[C@H]2[C@@H]3CC=C4C[C@@H](OC(C)=O)CC[C@]4(C)[C@H]3CC[C@@]21C. The van der Waals surface area contributed by atoms with Crippen LogP contribution >= 0.6 is 11.6 Å². The second-order valence-electron chi connectivity index (χ2n) is 10.9. The zero-order valence-corrected chi connectivity index (χ0v) is 20.2. The summed E-state index contributed by atoms with van der Waals surface area (Å²) in [6, 6.07) is 0. The average molecular weight is 467 g/mol. The number of allylic oxidation sites excluding steroid dienone is 1. The van der Waals surface area contributed by atoms with Gasteiger partial charge in [-0.3, -0.25) is 14.4 Å². The van der Waals surface area contributed by atoms with E-state index in [1.165, 1.54) is 19.4 Å². The van der Waals surface area contributed by atoms with Crippen LogP contribution in [0.3, 0.4) is 0 Å². The maximum Gasteiger partial charge on any atom is 0.303 e. The molecule has 0 aliphatic heterocycles. The van der Waals surface area contributed by atoms with E-state index in [-0.39, 0.29) is 23.4 Å². The number of carbonyl (C=O) groups excluding carboxylic acids is 3. The van der Waals surface area contributed by atoms with Gasteiger partial charge in [0.05, 0.1) is 5.38 Å². The van der Waals surface area contributed by atoms with Crippen LogP contribution in [-0.2, 0) is 23.9 Å². The van der Waals surface area contributed by atoms with Gasteiger partial charge < -0.3 is 14.6 Å². The molecule has 6 nitrogen and oxygen atoms in total. The standard InChI is InChI=1S/C25H35ClO6/c1-14(27)31-13-22(29)25(30)21(26)12-20-18-6-5-16-11-17(32-15(2)28)7-9-23(16,3)19(18)8-10-24(20,25)4/h5,17-21,30H,6-13H2,1-4H3/t17-,18+,19-,20-,21+,23-,24-,25-/m0/s1. The molecule has 4 aliphatic rings. The lowest BCUT2D eigenvalue weighted by Crippen LogP contribution is -2.60. The Kier molecular flexibility index (Phi) is 6.03. The summed E-state index contributed by atoms with van der Waals surface area (Å²) in [7, 11) is 0. The Morgan fingerprint density at radius 1 is 1.12 bits per heavy atom. The summed E-state index contributed by atoms with van der Waals surface area (Å²) in [5.74, 6) is -0.345. The Bertz CT molecular complexity index is 853. The predicted molar refractivity (Wildman–Crippen MR) is 119 cm³/mol. The molecule has 1 N–H and O–H groups in total. The van der Waals surface area contributed by atoms with Crippen molar-refractivity contribution in [3.63, 3.8) is 0 Å². The summed E-state index contributed by atoms with van der Waals surface area (Å²) in [4.78, 5) is 35.7. The Morgan fingerprint density at radius 3 is 2.50 bits per heavy atom. The van der Waals surface area contributed by atoms with Gasteiger partial charge in [-0.15, -0.1) is 11.6 Å². The Labute approximate surface area is 195 Å². The number of fused-ring (bicyclic) bond motifs is 5. The average Bonchev–Trinajstić information content (AvgIpc) is 2.93. The van der Waals surface area contributed by atoms with E-state index in [2.05, 4.69) is 13.0 Å². The third-order valence-electron chi connectivity index (χ3n) is 9.40. The van der Waals surface area contributed by atoms with Gasteiger partial charge in [-0.25, -0.2) is 0 Å². The Morgan fingerprint density at radius 2 is 1.84 bits per heavy atom. The first-order valence-corrected chi connectivity index (χ1v) is 12.3. The molecule has 0 saturated heterocycles. The van der Waals surface area contributed by atoms with Crippen LogP contribution in [0.1, 0.15) is 72.6 Å². The summed E-state index contributed by atoms with van der Waals surface area (Å²) in [6.07, 6.45) is 8.01. The molecular formula is C25H35ClO6. The molecule has 0 amide bonds. The fraction of sp³-hybridized carbons (Fsp3) is 0.800. The van der Waals surface area contributed by atoms with Crippen molar-refractivity contribution >= 4 is 29.3 Å². The number of aliphatic hydroxyl groups is 1. The second-order valence-corrected chi connectivity index (χ2v) is 11.4. The van der Waals surface area contributed by atoms with Crippen molar-refractivity contribution in [3.05, 3.63) is 11.6 Å². The molecule has 32 heavy (non-hydrogen) atoms. The Balaban J connectivity index is 1.59. The zero-order valence-electron chi connectivity index (χ0n) is 19.5. The molecule has 0 bridgehead atoms. The predicted octanol–water partition coefficient (Wildman–Crippen LogP) is 3.96. The van der Waals surface area contributed by atoms with Gasteiger partial charge in [0.1, 0.15) is 11.7 Å². The molecule has 0 aromatic heterocycles. The van der Waals surface area contributed by atoms with Gasteiger partial charge in [-0.2, -0.15) is 0 Å². The summed E-state index contributed by atoms with van der Waals surface area (Å²) in [5, 5.41) is 11.0. The minimum Gasteiger partial charge on any atom is -0.462 e. The molecule has 178 valence electrons. The van der Waals surface area contributed by atoms with E-state index in [0.29, 0.717) is 24.7 Å². The van der Waals surface area contributed by atoms with Crippen LogP contribution in [0.4, 0.5) is 0 Å². The molecule has 7 heteroatoms. The third kappa shape index (κ3) is 3.44. The molecule has 0 heterocycles. The van der Waals surface area contributed by atoms with E-state index in [0.717, 1.165) is 32.1 Å². The van der Waals surface area contributed by atoms with Crippen molar-refractivity contribution in [1.29, 1.82) is 0 Å². The van der Waals surface area contributed by atoms with E-state index in [1.807, 2.05) is 6.92 Å². The van der Waals surface area contributed by atoms with Crippen LogP contribution < -0.4 is 0 Å². The van der Waals surface area contributed by atoms with Crippen molar-refractivity contribution < 1.29 is 29.0 Å². The molecular weight excluding hydrogens is 432 g/mol. The highest BCUT2D eigenvalue weighted by Crippen LogP contribution is 2.68. The fourth-order valence-corrected chi connectivity index (χ4v) is 8.28. The van der Waals surface area contributed by atoms with Crippen LogP contribution in [0.15, 0.2) is 11.6 Å². The molecule has 0 spiro atoms. The summed E-state index contributed by atoms with van der Waals surface area (Å²) < 4.78 is 10.4. The quantitative estimate of drug-likeness (QED) is 0.383. The van der Waals surface area contributed by atoms with Gasteiger partial charge in [-0.05, 0) is 61.7 Å². The first-order chi connectivity index (χ1) is 14.9. The number of ether oxygens (including phenoxy) is 2. The van der Waals surface area contributed by atoms with Crippen LogP contribution in [0.25, 0.3) is 0 Å². The lowest BCUT2D eigenvalue weighted by molar-refractivity contribution is -0.168. The molecule has 0 unspecified atom stereocenters. The monoisotopic (exact) mass is 466 g/mol.